The van der Waals surface area contributed by atoms with Crippen molar-refractivity contribution >= 4 is 38.9 Å². The van der Waals surface area contributed by atoms with E-state index < -0.39 is 0 Å². The summed E-state index contributed by atoms with van der Waals surface area (Å²) in [6, 6.07) is 8.00. The van der Waals surface area contributed by atoms with Gasteiger partial charge in [0.2, 0.25) is 0 Å². The van der Waals surface area contributed by atoms with Gasteiger partial charge in [0.25, 0.3) is 0 Å². The Morgan fingerprint density at radius 2 is 1.94 bits per heavy atom. The number of hydrogen-bond donors (Lipinski definition) is 0. The maximum Gasteiger partial charge on any atom is 0.118 e. The first-order valence-corrected chi connectivity index (χ1v) is 7.32. The molecular formula is C13H12BrClOS. The molecule has 1 nitrogen and oxygen atoms in total. The van der Waals surface area contributed by atoms with E-state index in [0.717, 1.165) is 21.2 Å². The fourth-order valence-corrected chi connectivity index (χ4v) is 3.84. The molecule has 0 radical (unpaired) electrons. The highest BCUT2D eigenvalue weighted by Crippen LogP contribution is 2.40. The van der Waals surface area contributed by atoms with Gasteiger partial charge < -0.3 is 4.74 Å². The van der Waals surface area contributed by atoms with Gasteiger partial charge in [0.05, 0.1) is 17.0 Å². The second-order valence-electron chi connectivity index (χ2n) is 3.73. The Morgan fingerprint density at radius 1 is 1.29 bits per heavy atom. The minimum atomic E-state index is 0.139. The second-order valence-corrected chi connectivity index (χ2v) is 5.94. The van der Waals surface area contributed by atoms with Crippen LogP contribution in [0.1, 0.15) is 20.8 Å². The highest BCUT2D eigenvalue weighted by molar-refractivity contribution is 9.09. The van der Waals surface area contributed by atoms with Gasteiger partial charge in [-0.25, -0.2) is 0 Å². The summed E-state index contributed by atoms with van der Waals surface area (Å²) in [6.45, 7) is 2.02. The molecule has 0 aliphatic rings. The standard InChI is InChI=1S/C13H12BrClOS/c1-8-7-17-13(12(8)15)11(14)9-3-5-10(16-2)6-4-9/h3-7,11H,1-2H3. The molecule has 0 bridgehead atoms. The molecule has 0 spiro atoms. The quantitative estimate of drug-likeness (QED) is 0.702. The molecule has 2 rings (SSSR count). The number of ether oxygens (including phenoxy) is 1. The molecule has 0 N–H and O–H groups in total. The molecule has 4 heteroatoms. The zero-order chi connectivity index (χ0) is 12.4. The van der Waals surface area contributed by atoms with Crippen LogP contribution >= 0.6 is 38.9 Å². The summed E-state index contributed by atoms with van der Waals surface area (Å²) in [6.07, 6.45) is 0. The van der Waals surface area contributed by atoms with Gasteiger partial charge in [-0.15, -0.1) is 11.3 Å². The molecule has 0 amide bonds. The molecule has 1 aromatic carbocycles. The van der Waals surface area contributed by atoms with Gasteiger partial charge in [-0.05, 0) is 35.6 Å². The number of benzene rings is 1. The number of alkyl halides is 1. The van der Waals surface area contributed by atoms with E-state index in [1.165, 1.54) is 5.56 Å². The monoisotopic (exact) mass is 330 g/mol. The molecule has 0 saturated heterocycles. The minimum absolute atomic E-state index is 0.139. The van der Waals surface area contributed by atoms with E-state index in [-0.39, 0.29) is 4.83 Å². The predicted octanol–water partition coefficient (Wildman–Crippen LogP) is 5.20. The summed E-state index contributed by atoms with van der Waals surface area (Å²) in [4.78, 5) is 1.29. The van der Waals surface area contributed by atoms with E-state index in [2.05, 4.69) is 21.3 Å². The lowest BCUT2D eigenvalue weighted by Crippen LogP contribution is -1.91. The lowest BCUT2D eigenvalue weighted by atomic mass is 10.1. The third-order valence-electron chi connectivity index (χ3n) is 2.56. The van der Waals surface area contributed by atoms with Crippen LogP contribution < -0.4 is 4.74 Å². The first kappa shape index (κ1) is 12.9. The van der Waals surface area contributed by atoms with Gasteiger partial charge in [-0.1, -0.05) is 39.7 Å². The van der Waals surface area contributed by atoms with Crippen molar-refractivity contribution < 1.29 is 4.74 Å². The summed E-state index contributed by atoms with van der Waals surface area (Å²) < 4.78 is 5.14. The largest absolute Gasteiger partial charge is 0.497 e. The van der Waals surface area contributed by atoms with Crippen LogP contribution in [0.3, 0.4) is 0 Å². The number of hydrogen-bond acceptors (Lipinski definition) is 2. The van der Waals surface area contributed by atoms with Crippen molar-refractivity contribution in [1.29, 1.82) is 0 Å². The Balaban J connectivity index is 2.30. The molecular weight excluding hydrogens is 320 g/mol. The number of methoxy groups -OCH3 is 1. The molecule has 1 aromatic heterocycles. The van der Waals surface area contributed by atoms with E-state index in [0.29, 0.717) is 0 Å². The van der Waals surface area contributed by atoms with Crippen LogP contribution in [0.15, 0.2) is 29.6 Å². The number of thiophene rings is 1. The summed E-state index contributed by atoms with van der Waals surface area (Å²) in [5.41, 5.74) is 2.30. The second kappa shape index (κ2) is 5.42. The Morgan fingerprint density at radius 3 is 2.41 bits per heavy atom. The number of rotatable bonds is 3. The molecule has 2 aromatic rings. The molecule has 1 heterocycles. The molecule has 1 atom stereocenters. The third-order valence-corrected chi connectivity index (χ3v) is 5.63. The Bertz CT molecular complexity index is 507. The lowest BCUT2D eigenvalue weighted by Gasteiger charge is -2.10. The molecule has 0 saturated carbocycles. The fraction of sp³-hybridized carbons (Fsp3) is 0.231. The van der Waals surface area contributed by atoms with E-state index in [1.54, 1.807) is 18.4 Å². The van der Waals surface area contributed by atoms with Crippen LogP contribution in [0.5, 0.6) is 5.75 Å². The van der Waals surface area contributed by atoms with E-state index in [9.17, 15) is 0 Å². The van der Waals surface area contributed by atoms with Crippen LogP contribution in [0, 0.1) is 6.92 Å². The van der Waals surface area contributed by atoms with E-state index >= 15 is 0 Å². The first-order chi connectivity index (χ1) is 8.13. The first-order valence-electron chi connectivity index (χ1n) is 5.15. The van der Waals surface area contributed by atoms with Crippen molar-refractivity contribution in [3.8, 4) is 5.75 Å². The van der Waals surface area contributed by atoms with Gasteiger partial charge >= 0.3 is 0 Å². The van der Waals surface area contributed by atoms with E-state index in [1.807, 2.05) is 31.2 Å². The van der Waals surface area contributed by atoms with Crippen LogP contribution in [-0.2, 0) is 0 Å². The molecule has 1 unspecified atom stereocenters. The highest BCUT2D eigenvalue weighted by Gasteiger charge is 2.17. The van der Waals surface area contributed by atoms with Crippen LogP contribution in [0.4, 0.5) is 0 Å². The van der Waals surface area contributed by atoms with Gasteiger partial charge in [-0.2, -0.15) is 0 Å². The van der Waals surface area contributed by atoms with Gasteiger partial charge in [0.15, 0.2) is 0 Å². The average Bonchev–Trinajstić information content (AvgIpc) is 2.69. The average molecular weight is 332 g/mol. The maximum absolute atomic E-state index is 6.27. The van der Waals surface area contributed by atoms with Gasteiger partial charge in [0, 0.05) is 4.88 Å². The minimum Gasteiger partial charge on any atom is -0.497 e. The van der Waals surface area contributed by atoms with Crippen molar-refractivity contribution in [2.45, 2.75) is 11.8 Å². The summed E-state index contributed by atoms with van der Waals surface area (Å²) >= 11 is 11.6. The van der Waals surface area contributed by atoms with Crippen molar-refractivity contribution in [2.24, 2.45) is 0 Å². The molecule has 17 heavy (non-hydrogen) atoms. The fourth-order valence-electron chi connectivity index (χ4n) is 1.54. The lowest BCUT2D eigenvalue weighted by molar-refractivity contribution is 0.414. The Kier molecular flexibility index (Phi) is 4.13. The van der Waals surface area contributed by atoms with Crippen molar-refractivity contribution in [2.75, 3.05) is 7.11 Å². The van der Waals surface area contributed by atoms with Crippen molar-refractivity contribution in [3.05, 3.63) is 50.7 Å². The normalized spacial score (nSPS) is 12.5. The molecule has 0 fully saturated rings. The smallest absolute Gasteiger partial charge is 0.118 e. The number of halogens is 2. The van der Waals surface area contributed by atoms with Gasteiger partial charge in [-0.3, -0.25) is 0 Å². The topological polar surface area (TPSA) is 9.23 Å². The van der Waals surface area contributed by atoms with Crippen LogP contribution in [0.2, 0.25) is 5.02 Å². The molecule has 0 aliphatic heterocycles. The van der Waals surface area contributed by atoms with Crippen molar-refractivity contribution in [1.82, 2.24) is 0 Å². The molecule has 90 valence electrons. The van der Waals surface area contributed by atoms with E-state index in [4.69, 9.17) is 16.3 Å². The van der Waals surface area contributed by atoms with Crippen LogP contribution in [0.25, 0.3) is 0 Å². The zero-order valence-electron chi connectivity index (χ0n) is 9.54. The van der Waals surface area contributed by atoms with Crippen molar-refractivity contribution in [3.63, 3.8) is 0 Å². The molecule has 0 aliphatic carbocycles. The zero-order valence-corrected chi connectivity index (χ0v) is 12.7. The summed E-state index contributed by atoms with van der Waals surface area (Å²) in [7, 11) is 1.67. The Hall–Kier alpha value is -0.510. The Labute approximate surface area is 119 Å². The predicted molar refractivity (Wildman–Crippen MR) is 77.8 cm³/mol. The summed E-state index contributed by atoms with van der Waals surface area (Å²) in [5, 5.41) is 2.93. The van der Waals surface area contributed by atoms with Gasteiger partial charge in [0.1, 0.15) is 5.75 Å². The summed E-state index contributed by atoms with van der Waals surface area (Å²) in [5.74, 6) is 0.863. The third kappa shape index (κ3) is 2.67. The highest BCUT2D eigenvalue weighted by atomic mass is 79.9. The maximum atomic E-state index is 6.27. The SMILES string of the molecule is COc1ccc(C(Br)c2scc(C)c2Cl)cc1. The van der Waals surface area contributed by atoms with Crippen LogP contribution in [-0.4, -0.2) is 7.11 Å². The number of aryl methyl sites for hydroxylation is 1.